The first-order chi connectivity index (χ1) is 14.5. The molecule has 0 radical (unpaired) electrons. The first-order valence-corrected chi connectivity index (χ1v) is 9.36. The van der Waals surface area contributed by atoms with Crippen LogP contribution in [0.15, 0.2) is 59.4 Å². The molecule has 2 heterocycles. The van der Waals surface area contributed by atoms with Crippen molar-refractivity contribution < 1.29 is 26.3 Å². The predicted octanol–water partition coefficient (Wildman–Crippen LogP) is 5.62. The zero-order valence-electron chi connectivity index (χ0n) is 15.1. The van der Waals surface area contributed by atoms with Gasteiger partial charge in [0.05, 0.1) is 15.8 Å². The number of thiazole rings is 1. The number of fused-ring (bicyclic) bond motifs is 1. The Bertz CT molecular complexity index is 1290. The molecule has 0 saturated carbocycles. The van der Waals surface area contributed by atoms with E-state index >= 15 is 0 Å². The Hall–Kier alpha value is -3.41. The summed E-state index contributed by atoms with van der Waals surface area (Å²) >= 11 is 0.950. The summed E-state index contributed by atoms with van der Waals surface area (Å²) in [4.78, 5) is 17.0. The summed E-state index contributed by atoms with van der Waals surface area (Å²) < 4.78 is 80.1. The minimum absolute atomic E-state index is 0.107. The van der Waals surface area contributed by atoms with Crippen LogP contribution in [0.5, 0.6) is 0 Å². The van der Waals surface area contributed by atoms with Gasteiger partial charge in [-0.25, -0.2) is 4.98 Å². The van der Waals surface area contributed by atoms with Crippen LogP contribution in [-0.2, 0) is 12.4 Å². The van der Waals surface area contributed by atoms with Crippen LogP contribution in [-0.4, -0.2) is 14.8 Å². The number of para-hydroxylation sites is 1. The number of nitrogens with one attached hydrogen (secondary N) is 1. The van der Waals surface area contributed by atoms with Crippen molar-refractivity contribution >= 4 is 32.9 Å². The Morgan fingerprint density at radius 3 is 2.32 bits per heavy atom. The van der Waals surface area contributed by atoms with Crippen LogP contribution in [0.4, 0.5) is 37.7 Å². The maximum Gasteiger partial charge on any atom is 0.435 e. The van der Waals surface area contributed by atoms with E-state index in [0.29, 0.717) is 27.0 Å². The van der Waals surface area contributed by atoms with Crippen LogP contribution in [0.1, 0.15) is 11.3 Å². The highest BCUT2D eigenvalue weighted by Crippen LogP contribution is 2.33. The lowest BCUT2D eigenvalue weighted by Gasteiger charge is -2.13. The molecule has 5 nitrogen and oxygen atoms in total. The summed E-state index contributed by atoms with van der Waals surface area (Å²) in [6.07, 6.45) is -9.56. The average Bonchev–Trinajstić information content (AvgIpc) is 3.12. The van der Waals surface area contributed by atoms with E-state index < -0.39 is 34.9 Å². The number of anilines is 2. The Morgan fingerprint density at radius 1 is 0.903 bits per heavy atom. The van der Waals surface area contributed by atoms with E-state index in [9.17, 15) is 31.1 Å². The standard InChI is InChI=1S/C19H10F6N4OS/c20-18(21,22)10-4-3-5-11(8-10)26-13-9-15(19(23,24)25)28-29(16(13)30)17-27-12-6-1-2-7-14(12)31-17/h1-9,26H. The molecule has 12 heteroatoms. The molecule has 0 amide bonds. The molecule has 0 aliphatic rings. The van der Waals surface area contributed by atoms with Crippen LogP contribution < -0.4 is 10.9 Å². The smallest absolute Gasteiger partial charge is 0.351 e. The van der Waals surface area contributed by atoms with Gasteiger partial charge in [-0.3, -0.25) is 4.79 Å². The molecule has 0 spiro atoms. The normalized spacial score (nSPS) is 12.3. The molecule has 160 valence electrons. The first kappa shape index (κ1) is 20.8. The number of hydrogen-bond donors (Lipinski definition) is 1. The molecule has 2 aromatic carbocycles. The lowest BCUT2D eigenvalue weighted by molar-refractivity contribution is -0.142. The van der Waals surface area contributed by atoms with Gasteiger partial charge in [0.25, 0.3) is 5.56 Å². The highest BCUT2D eigenvalue weighted by Gasteiger charge is 2.35. The Balaban J connectivity index is 1.85. The van der Waals surface area contributed by atoms with Crippen molar-refractivity contribution in [2.24, 2.45) is 0 Å². The molecule has 0 aliphatic carbocycles. The van der Waals surface area contributed by atoms with Gasteiger partial charge in [-0.15, -0.1) is 0 Å². The minimum Gasteiger partial charge on any atom is -0.351 e. The highest BCUT2D eigenvalue weighted by atomic mass is 32.1. The van der Waals surface area contributed by atoms with Gasteiger partial charge in [0.1, 0.15) is 5.69 Å². The summed E-state index contributed by atoms with van der Waals surface area (Å²) in [7, 11) is 0. The fourth-order valence-electron chi connectivity index (χ4n) is 2.73. The third-order valence-electron chi connectivity index (χ3n) is 4.13. The molecular formula is C19H10F6N4OS. The molecule has 0 bridgehead atoms. The molecule has 0 saturated heterocycles. The SMILES string of the molecule is O=c1c(Nc2cccc(C(F)(F)F)c2)cc(C(F)(F)F)nn1-c1nc2ccccc2s1. The lowest BCUT2D eigenvalue weighted by Crippen LogP contribution is -2.27. The van der Waals surface area contributed by atoms with Gasteiger partial charge in [-0.05, 0) is 36.4 Å². The van der Waals surface area contributed by atoms with Crippen molar-refractivity contribution in [3.05, 3.63) is 76.2 Å². The number of halogens is 6. The van der Waals surface area contributed by atoms with Gasteiger partial charge in [0.15, 0.2) is 5.69 Å². The van der Waals surface area contributed by atoms with E-state index in [4.69, 9.17) is 0 Å². The van der Waals surface area contributed by atoms with E-state index in [0.717, 1.165) is 23.5 Å². The molecule has 0 aliphatic heterocycles. The van der Waals surface area contributed by atoms with Gasteiger partial charge in [0.2, 0.25) is 5.13 Å². The second kappa shape index (κ2) is 7.38. The van der Waals surface area contributed by atoms with E-state index in [2.05, 4.69) is 15.4 Å². The van der Waals surface area contributed by atoms with Crippen LogP contribution >= 0.6 is 11.3 Å². The van der Waals surface area contributed by atoms with Gasteiger partial charge < -0.3 is 5.32 Å². The molecule has 0 atom stereocenters. The van der Waals surface area contributed by atoms with Crippen molar-refractivity contribution in [2.75, 3.05) is 5.32 Å². The van der Waals surface area contributed by atoms with Crippen LogP contribution in [0.2, 0.25) is 0 Å². The van der Waals surface area contributed by atoms with Crippen LogP contribution in [0, 0.1) is 0 Å². The minimum atomic E-state index is -4.91. The van der Waals surface area contributed by atoms with Crippen molar-refractivity contribution in [1.29, 1.82) is 0 Å². The number of rotatable bonds is 3. The predicted molar refractivity (Wildman–Crippen MR) is 103 cm³/mol. The zero-order valence-corrected chi connectivity index (χ0v) is 15.9. The summed E-state index contributed by atoms with van der Waals surface area (Å²) in [5.41, 5.74) is -3.76. The Kier molecular flexibility index (Phi) is 4.96. The summed E-state index contributed by atoms with van der Waals surface area (Å²) in [6, 6.07) is 10.9. The second-order valence-electron chi connectivity index (χ2n) is 6.33. The monoisotopic (exact) mass is 456 g/mol. The molecule has 4 aromatic rings. The molecule has 0 fully saturated rings. The van der Waals surface area contributed by atoms with E-state index in [1.807, 2.05) is 0 Å². The number of alkyl halides is 6. The van der Waals surface area contributed by atoms with Crippen LogP contribution in [0.3, 0.4) is 0 Å². The van der Waals surface area contributed by atoms with Crippen molar-refractivity contribution in [3.8, 4) is 5.13 Å². The van der Waals surface area contributed by atoms with Crippen molar-refractivity contribution in [2.45, 2.75) is 12.4 Å². The van der Waals surface area contributed by atoms with Crippen molar-refractivity contribution in [3.63, 3.8) is 0 Å². The Morgan fingerprint density at radius 2 is 1.65 bits per heavy atom. The van der Waals surface area contributed by atoms with E-state index in [-0.39, 0.29) is 10.8 Å². The van der Waals surface area contributed by atoms with Crippen LogP contribution in [0.25, 0.3) is 15.3 Å². The number of hydrogen-bond acceptors (Lipinski definition) is 5. The lowest BCUT2D eigenvalue weighted by atomic mass is 10.2. The van der Waals surface area contributed by atoms with Gasteiger partial charge >= 0.3 is 12.4 Å². The quantitative estimate of drug-likeness (QED) is 0.407. The number of nitrogens with zero attached hydrogens (tertiary/aromatic N) is 3. The van der Waals surface area contributed by atoms with Crippen molar-refractivity contribution in [1.82, 2.24) is 14.8 Å². The van der Waals surface area contributed by atoms with E-state index in [1.165, 1.54) is 6.07 Å². The zero-order chi connectivity index (χ0) is 22.4. The summed E-state index contributed by atoms with van der Waals surface area (Å²) in [5.74, 6) is 0. The largest absolute Gasteiger partial charge is 0.435 e. The maximum absolute atomic E-state index is 13.4. The van der Waals surface area contributed by atoms with E-state index in [1.54, 1.807) is 24.3 Å². The fraction of sp³-hybridized carbons (Fsp3) is 0.105. The van der Waals surface area contributed by atoms with Gasteiger partial charge in [0, 0.05) is 5.69 Å². The third kappa shape index (κ3) is 4.24. The highest BCUT2D eigenvalue weighted by molar-refractivity contribution is 7.20. The second-order valence-corrected chi connectivity index (χ2v) is 7.33. The fourth-order valence-corrected chi connectivity index (χ4v) is 3.65. The molecule has 1 N–H and O–H groups in total. The van der Waals surface area contributed by atoms with Gasteiger partial charge in [-0.1, -0.05) is 29.5 Å². The first-order valence-electron chi connectivity index (χ1n) is 8.54. The summed E-state index contributed by atoms with van der Waals surface area (Å²) in [6.45, 7) is 0. The average molecular weight is 456 g/mol. The molecule has 4 rings (SSSR count). The summed E-state index contributed by atoms with van der Waals surface area (Å²) in [5, 5.41) is 5.61. The topological polar surface area (TPSA) is 59.8 Å². The Labute approximate surface area is 173 Å². The third-order valence-corrected chi connectivity index (χ3v) is 5.15. The van der Waals surface area contributed by atoms with Gasteiger partial charge in [-0.2, -0.15) is 36.1 Å². The number of benzene rings is 2. The number of aromatic nitrogens is 3. The molecule has 0 unspecified atom stereocenters. The molecular weight excluding hydrogens is 446 g/mol. The maximum atomic E-state index is 13.4. The molecule has 2 aromatic heterocycles. The molecule has 31 heavy (non-hydrogen) atoms.